The number of halogens is 1. The van der Waals surface area contributed by atoms with Crippen LogP contribution in [0.5, 0.6) is 0 Å². The summed E-state index contributed by atoms with van der Waals surface area (Å²) in [4.78, 5) is 23.8. The van der Waals surface area contributed by atoms with Gasteiger partial charge in [0.2, 0.25) is 0 Å². The van der Waals surface area contributed by atoms with E-state index in [1.54, 1.807) is 0 Å². The first-order chi connectivity index (χ1) is 14.9. The van der Waals surface area contributed by atoms with E-state index in [0.717, 1.165) is 35.7 Å². The highest BCUT2D eigenvalue weighted by molar-refractivity contribution is 14.1. The van der Waals surface area contributed by atoms with Gasteiger partial charge in [-0.2, -0.15) is 0 Å². The molecule has 2 aliphatic heterocycles. The van der Waals surface area contributed by atoms with Gasteiger partial charge < -0.3 is 30.1 Å². The summed E-state index contributed by atoms with van der Waals surface area (Å²) in [5.74, 6) is 1.39. The van der Waals surface area contributed by atoms with E-state index < -0.39 is 5.60 Å². The zero-order valence-corrected chi connectivity index (χ0v) is 19.7. The van der Waals surface area contributed by atoms with Crippen molar-refractivity contribution >= 4 is 40.1 Å². The molecule has 3 heterocycles. The molecule has 1 fully saturated rings. The molecule has 2 unspecified atom stereocenters. The zero-order chi connectivity index (χ0) is 22.0. The van der Waals surface area contributed by atoms with Gasteiger partial charge >= 0.3 is 6.03 Å². The predicted molar refractivity (Wildman–Crippen MR) is 125 cm³/mol. The van der Waals surface area contributed by atoms with Crippen molar-refractivity contribution in [3.05, 3.63) is 35.5 Å². The van der Waals surface area contributed by atoms with Crippen molar-refractivity contribution in [2.75, 3.05) is 43.1 Å². The van der Waals surface area contributed by atoms with E-state index in [1.807, 2.05) is 38.1 Å². The zero-order valence-electron chi connectivity index (χ0n) is 17.5. The molecule has 9 nitrogen and oxygen atoms in total. The van der Waals surface area contributed by atoms with Gasteiger partial charge in [-0.1, -0.05) is 22.6 Å². The number of ether oxygens (including phenoxy) is 2. The lowest BCUT2D eigenvalue weighted by Gasteiger charge is -2.30. The molecule has 3 N–H and O–H groups in total. The van der Waals surface area contributed by atoms with Crippen molar-refractivity contribution in [1.82, 2.24) is 15.3 Å². The second kappa shape index (κ2) is 9.23. The molecule has 0 radical (unpaired) electrons. The number of carbonyl (C=O) groups is 1. The monoisotopic (exact) mass is 539 g/mol. The summed E-state index contributed by atoms with van der Waals surface area (Å²) in [6, 6.07) is 7.13. The summed E-state index contributed by atoms with van der Waals surface area (Å²) in [7, 11) is 0. The summed E-state index contributed by atoms with van der Waals surface area (Å²) in [6.45, 7) is 6.72. The van der Waals surface area contributed by atoms with E-state index in [4.69, 9.17) is 19.4 Å². The van der Waals surface area contributed by atoms with Crippen LogP contribution in [-0.4, -0.2) is 58.1 Å². The van der Waals surface area contributed by atoms with E-state index in [2.05, 4.69) is 38.1 Å². The van der Waals surface area contributed by atoms with Gasteiger partial charge in [0.15, 0.2) is 5.82 Å². The third-order valence-electron chi connectivity index (χ3n) is 5.36. The molecular weight excluding hydrogens is 513 g/mol. The molecule has 2 aliphatic rings. The third kappa shape index (κ3) is 4.76. The first kappa shape index (κ1) is 22.2. The number of aliphatic hydroxyl groups excluding tert-OH is 1. The number of aliphatic hydroxyl groups is 1. The van der Waals surface area contributed by atoms with E-state index in [1.165, 1.54) is 0 Å². The first-order valence-electron chi connectivity index (χ1n) is 10.2. The Hall–Kier alpha value is -2.02. The largest absolute Gasteiger partial charge is 0.393 e. The Morgan fingerprint density at radius 3 is 2.65 bits per heavy atom. The van der Waals surface area contributed by atoms with Crippen LogP contribution in [0, 0.1) is 0 Å². The van der Waals surface area contributed by atoms with Crippen molar-refractivity contribution in [2.24, 2.45) is 0 Å². The number of fused-ring (bicyclic) bond motifs is 1. The maximum Gasteiger partial charge on any atom is 0.320 e. The lowest BCUT2D eigenvalue weighted by molar-refractivity contribution is -0.0624. The number of benzene rings is 1. The van der Waals surface area contributed by atoms with Crippen molar-refractivity contribution < 1.29 is 19.4 Å². The highest BCUT2D eigenvalue weighted by Gasteiger charge is 2.40. The quantitative estimate of drug-likeness (QED) is 0.305. The number of nitrogens with zero attached hydrogens (tertiary/aromatic N) is 3. The van der Waals surface area contributed by atoms with Crippen LogP contribution >= 0.6 is 22.6 Å². The smallest absolute Gasteiger partial charge is 0.320 e. The van der Waals surface area contributed by atoms with Crippen LogP contribution in [0.3, 0.4) is 0 Å². The number of aromatic nitrogens is 2. The minimum absolute atomic E-state index is 0.0262. The number of hydrogen-bond acceptors (Lipinski definition) is 7. The highest BCUT2D eigenvalue weighted by Crippen LogP contribution is 2.40. The van der Waals surface area contributed by atoms with Gasteiger partial charge in [-0.05, 0) is 38.1 Å². The molecule has 2 amide bonds. The average Bonchev–Trinajstić information content (AvgIpc) is 3.11. The van der Waals surface area contributed by atoms with E-state index >= 15 is 0 Å². The molecule has 4 rings (SSSR count). The predicted octanol–water partition coefficient (Wildman–Crippen LogP) is 2.62. The highest BCUT2D eigenvalue weighted by atomic mass is 127. The Morgan fingerprint density at radius 2 is 2.00 bits per heavy atom. The summed E-state index contributed by atoms with van der Waals surface area (Å²) < 4.78 is 11.4. The summed E-state index contributed by atoms with van der Waals surface area (Å²) >= 11 is 2.13. The van der Waals surface area contributed by atoms with Gasteiger partial charge in [-0.3, -0.25) is 0 Å². The van der Waals surface area contributed by atoms with E-state index in [0.29, 0.717) is 31.3 Å². The first-order valence-corrected chi connectivity index (χ1v) is 11.4. The van der Waals surface area contributed by atoms with E-state index in [-0.39, 0.29) is 16.7 Å². The lowest BCUT2D eigenvalue weighted by atomic mass is 10.0. The van der Waals surface area contributed by atoms with Gasteiger partial charge in [0, 0.05) is 29.9 Å². The standard InChI is InChI=1S/C21H26IN5O4/c1-13(22)23-20(29)24-15-5-3-14(4-6-15)18-25-17-16(11-31-21(17,2)12-28)19(26-18)27-7-9-30-10-8-27/h3-6,13,28H,7-12H2,1-2H3,(H2,23,24,29). The van der Waals surface area contributed by atoms with Crippen molar-refractivity contribution in [3.63, 3.8) is 0 Å². The van der Waals surface area contributed by atoms with E-state index in [9.17, 15) is 9.90 Å². The van der Waals surface area contributed by atoms with Crippen LogP contribution in [0.2, 0.25) is 0 Å². The molecular formula is C21H26IN5O4. The summed E-state index contributed by atoms with van der Waals surface area (Å²) in [5.41, 5.74) is 2.28. The summed E-state index contributed by atoms with van der Waals surface area (Å²) in [5, 5.41) is 15.5. The average molecular weight is 539 g/mol. The molecule has 0 saturated carbocycles. The number of hydrogen-bond donors (Lipinski definition) is 3. The minimum atomic E-state index is -0.857. The number of anilines is 2. The van der Waals surface area contributed by atoms with Gasteiger partial charge in [0.1, 0.15) is 11.4 Å². The minimum Gasteiger partial charge on any atom is -0.393 e. The van der Waals surface area contributed by atoms with Crippen LogP contribution in [0.4, 0.5) is 16.3 Å². The fourth-order valence-corrected chi connectivity index (χ4v) is 3.96. The number of rotatable bonds is 5. The molecule has 2 atom stereocenters. The summed E-state index contributed by atoms with van der Waals surface area (Å²) in [6.07, 6.45) is 0. The molecule has 0 spiro atoms. The molecule has 0 bridgehead atoms. The third-order valence-corrected chi connectivity index (χ3v) is 5.68. The fraction of sp³-hybridized carbons (Fsp3) is 0.476. The molecule has 166 valence electrons. The number of alkyl halides is 1. The van der Waals surface area contributed by atoms with Gasteiger partial charge in [-0.15, -0.1) is 0 Å². The number of amides is 2. The lowest BCUT2D eigenvalue weighted by Crippen LogP contribution is -2.37. The molecule has 1 aromatic carbocycles. The molecule has 0 aliphatic carbocycles. The normalized spacial score (nSPS) is 21.5. The van der Waals surface area contributed by atoms with Crippen LogP contribution in [0.15, 0.2) is 24.3 Å². The van der Waals surface area contributed by atoms with Crippen molar-refractivity contribution in [1.29, 1.82) is 0 Å². The molecule has 1 aromatic heterocycles. The number of nitrogens with one attached hydrogen (secondary N) is 2. The van der Waals surface area contributed by atoms with Gasteiger partial charge in [0.25, 0.3) is 0 Å². The van der Waals surface area contributed by atoms with Crippen molar-refractivity contribution in [3.8, 4) is 11.4 Å². The van der Waals surface area contributed by atoms with Crippen LogP contribution in [0.25, 0.3) is 11.4 Å². The number of urea groups is 1. The molecule has 10 heteroatoms. The van der Waals surface area contributed by atoms with Crippen LogP contribution < -0.4 is 15.5 Å². The molecule has 1 saturated heterocycles. The Kier molecular flexibility index (Phi) is 6.60. The Bertz CT molecular complexity index is 950. The fourth-order valence-electron chi connectivity index (χ4n) is 3.68. The Balaban J connectivity index is 1.67. The second-order valence-electron chi connectivity index (χ2n) is 7.77. The number of carbonyl (C=O) groups excluding carboxylic acids is 1. The Morgan fingerprint density at radius 1 is 1.29 bits per heavy atom. The molecule has 31 heavy (non-hydrogen) atoms. The second-order valence-corrected chi connectivity index (χ2v) is 9.64. The maximum atomic E-state index is 11.9. The van der Waals surface area contributed by atoms with Gasteiger partial charge in [0.05, 0.1) is 36.2 Å². The topological polar surface area (TPSA) is 109 Å². The maximum absolute atomic E-state index is 11.9. The number of morpholine rings is 1. The van der Waals surface area contributed by atoms with Crippen molar-refractivity contribution in [2.45, 2.75) is 30.1 Å². The van der Waals surface area contributed by atoms with Crippen LogP contribution in [-0.2, 0) is 21.7 Å². The van der Waals surface area contributed by atoms with Crippen LogP contribution in [0.1, 0.15) is 25.1 Å². The SMILES string of the molecule is CC(I)NC(=O)Nc1ccc(-c2nc(N3CCOCC3)c3c(n2)C(C)(CO)OC3)cc1. The molecule has 2 aromatic rings. The van der Waals surface area contributed by atoms with Gasteiger partial charge in [-0.25, -0.2) is 14.8 Å². The Labute approximate surface area is 194 Å².